The Hall–Kier alpha value is -2.69. The third-order valence-corrected chi connectivity index (χ3v) is 5.64. The largest absolute Gasteiger partial charge is 0.355 e. The summed E-state index contributed by atoms with van der Waals surface area (Å²) in [6.45, 7) is 4.37. The molecule has 5 heteroatoms. The zero-order chi connectivity index (χ0) is 19.6. The number of carbonyl (C=O) groups excluding carboxylic acids is 2. The van der Waals surface area contributed by atoms with Crippen molar-refractivity contribution in [2.24, 2.45) is 5.92 Å². The molecule has 0 spiro atoms. The van der Waals surface area contributed by atoms with Crippen LogP contribution in [0.4, 0.5) is 0 Å². The van der Waals surface area contributed by atoms with Gasteiger partial charge in [0.25, 0.3) is 11.5 Å². The number of aryl methyl sites for hydroxylation is 1. The minimum Gasteiger partial charge on any atom is -0.355 e. The van der Waals surface area contributed by atoms with Gasteiger partial charge in [0.1, 0.15) is 5.56 Å². The number of nitrogens with zero attached hydrogens (tertiary/aromatic N) is 1. The molecular formula is C22H26N2O3. The summed E-state index contributed by atoms with van der Waals surface area (Å²) in [5.41, 5.74) is 3.33. The van der Waals surface area contributed by atoms with E-state index in [4.69, 9.17) is 0 Å². The number of ketones is 1. The van der Waals surface area contributed by atoms with E-state index in [1.54, 1.807) is 6.20 Å². The normalized spacial score (nSPS) is 13.9. The Morgan fingerprint density at radius 2 is 1.96 bits per heavy atom. The van der Waals surface area contributed by atoms with Crippen LogP contribution in [0.2, 0.25) is 0 Å². The Labute approximate surface area is 159 Å². The number of nitrogens with one attached hydrogen (secondary N) is 1. The van der Waals surface area contributed by atoms with Gasteiger partial charge in [0, 0.05) is 25.2 Å². The molecule has 1 N–H and O–H groups in total. The summed E-state index contributed by atoms with van der Waals surface area (Å²) in [7, 11) is 1.49. The third-order valence-electron chi connectivity index (χ3n) is 5.64. The molecule has 0 aliphatic heterocycles. The Kier molecular flexibility index (Phi) is 5.59. The number of benzene rings is 1. The molecule has 0 unspecified atom stereocenters. The first kappa shape index (κ1) is 19.1. The van der Waals surface area contributed by atoms with E-state index in [1.165, 1.54) is 24.1 Å². The number of aromatic nitrogens is 1. The Bertz CT molecular complexity index is 939. The Balaban J connectivity index is 2.01. The van der Waals surface area contributed by atoms with Crippen molar-refractivity contribution < 1.29 is 9.59 Å². The molecule has 0 radical (unpaired) electrons. The van der Waals surface area contributed by atoms with Crippen molar-refractivity contribution in [1.29, 1.82) is 0 Å². The van der Waals surface area contributed by atoms with Crippen LogP contribution in [-0.2, 0) is 6.54 Å². The van der Waals surface area contributed by atoms with Gasteiger partial charge < -0.3 is 9.88 Å². The van der Waals surface area contributed by atoms with Crippen LogP contribution in [0.25, 0.3) is 0 Å². The van der Waals surface area contributed by atoms with Crippen molar-refractivity contribution >= 4 is 11.7 Å². The molecule has 0 atom stereocenters. The van der Waals surface area contributed by atoms with Crippen molar-refractivity contribution in [2.75, 3.05) is 7.05 Å². The summed E-state index contributed by atoms with van der Waals surface area (Å²) in [5, 5.41) is 2.50. The van der Waals surface area contributed by atoms with Gasteiger partial charge in [0.15, 0.2) is 5.78 Å². The maximum absolute atomic E-state index is 12.8. The maximum Gasteiger partial charge on any atom is 0.263 e. The number of amides is 1. The van der Waals surface area contributed by atoms with Crippen LogP contribution in [0.15, 0.2) is 35.3 Å². The average Bonchev–Trinajstić information content (AvgIpc) is 2.62. The summed E-state index contributed by atoms with van der Waals surface area (Å²) in [6.07, 6.45) is 5.42. The lowest BCUT2D eigenvalue weighted by molar-refractivity contribution is 0.0935. The van der Waals surface area contributed by atoms with Gasteiger partial charge in [-0.25, -0.2) is 0 Å². The van der Waals surface area contributed by atoms with Gasteiger partial charge in [-0.05, 0) is 42.5 Å². The van der Waals surface area contributed by atoms with Gasteiger partial charge in [-0.15, -0.1) is 0 Å². The zero-order valence-electron chi connectivity index (χ0n) is 16.2. The van der Waals surface area contributed by atoms with Gasteiger partial charge in [-0.3, -0.25) is 14.4 Å². The Morgan fingerprint density at radius 1 is 1.22 bits per heavy atom. The first-order valence-electron chi connectivity index (χ1n) is 9.45. The summed E-state index contributed by atoms with van der Waals surface area (Å²) in [6, 6.07) is 7.39. The third kappa shape index (κ3) is 4.02. The minimum absolute atomic E-state index is 0.000401. The topological polar surface area (TPSA) is 68.2 Å². The highest BCUT2D eigenvalue weighted by Crippen LogP contribution is 2.30. The monoisotopic (exact) mass is 366 g/mol. The van der Waals surface area contributed by atoms with E-state index in [1.807, 2.05) is 32.0 Å². The number of rotatable bonds is 6. The van der Waals surface area contributed by atoms with Crippen LogP contribution >= 0.6 is 0 Å². The van der Waals surface area contributed by atoms with E-state index in [0.29, 0.717) is 24.4 Å². The molecule has 3 rings (SSSR count). The van der Waals surface area contributed by atoms with Crippen molar-refractivity contribution in [3.63, 3.8) is 0 Å². The summed E-state index contributed by atoms with van der Waals surface area (Å²) >= 11 is 0. The molecule has 0 saturated heterocycles. The summed E-state index contributed by atoms with van der Waals surface area (Å²) < 4.78 is 1.49. The molecule has 5 nitrogen and oxygen atoms in total. The minimum atomic E-state index is -0.465. The molecule has 1 heterocycles. The fourth-order valence-electron chi connectivity index (χ4n) is 3.45. The molecule has 2 aromatic rings. The van der Waals surface area contributed by atoms with E-state index < -0.39 is 5.91 Å². The Morgan fingerprint density at radius 3 is 2.59 bits per heavy atom. The van der Waals surface area contributed by atoms with E-state index in [-0.39, 0.29) is 16.9 Å². The molecule has 27 heavy (non-hydrogen) atoms. The summed E-state index contributed by atoms with van der Waals surface area (Å²) in [5.74, 6) is -0.0343. The van der Waals surface area contributed by atoms with Crippen molar-refractivity contribution in [3.8, 4) is 0 Å². The van der Waals surface area contributed by atoms with E-state index in [2.05, 4.69) is 5.32 Å². The molecule has 1 amide bonds. The standard InChI is InChI=1S/C22H26N2O3/c1-14-6-4-9-17(15(14)2)12-24-13-18(20(25)10-16-7-5-8-16)11-19(22(24)27)21(26)23-3/h4,6,9,11,13,16H,5,7-8,10,12H2,1-3H3,(H,23,26). The highest BCUT2D eigenvalue weighted by molar-refractivity contribution is 6.00. The number of pyridine rings is 1. The molecule has 1 fully saturated rings. The van der Waals surface area contributed by atoms with Crippen LogP contribution in [-0.4, -0.2) is 23.3 Å². The van der Waals surface area contributed by atoms with Gasteiger partial charge in [0.05, 0.1) is 6.54 Å². The average molecular weight is 366 g/mol. The second-order valence-corrected chi connectivity index (χ2v) is 7.44. The maximum atomic E-state index is 12.8. The molecule has 0 bridgehead atoms. The molecule has 1 aromatic carbocycles. The van der Waals surface area contributed by atoms with Gasteiger partial charge >= 0.3 is 0 Å². The van der Waals surface area contributed by atoms with Gasteiger partial charge in [-0.1, -0.05) is 37.5 Å². The smallest absolute Gasteiger partial charge is 0.263 e. The quantitative estimate of drug-likeness (QED) is 0.798. The van der Waals surface area contributed by atoms with E-state index in [9.17, 15) is 14.4 Å². The molecular weight excluding hydrogens is 340 g/mol. The predicted octanol–water partition coefficient (Wildman–Crippen LogP) is 3.25. The van der Waals surface area contributed by atoms with Crippen LogP contribution < -0.4 is 10.9 Å². The highest BCUT2D eigenvalue weighted by atomic mass is 16.2. The zero-order valence-corrected chi connectivity index (χ0v) is 16.2. The van der Waals surface area contributed by atoms with Gasteiger partial charge in [-0.2, -0.15) is 0 Å². The lowest BCUT2D eigenvalue weighted by atomic mass is 9.81. The fourth-order valence-corrected chi connectivity index (χ4v) is 3.45. The molecule has 1 aliphatic carbocycles. The number of carbonyl (C=O) groups is 2. The fraction of sp³-hybridized carbons (Fsp3) is 0.409. The highest BCUT2D eigenvalue weighted by Gasteiger charge is 2.23. The second-order valence-electron chi connectivity index (χ2n) is 7.44. The van der Waals surface area contributed by atoms with Crippen LogP contribution in [0.5, 0.6) is 0 Å². The number of Topliss-reactive ketones (excluding diaryl/α,β-unsaturated/α-hetero) is 1. The van der Waals surface area contributed by atoms with Gasteiger partial charge in [0.2, 0.25) is 0 Å². The summed E-state index contributed by atoms with van der Waals surface area (Å²) in [4.78, 5) is 37.7. The number of hydrogen-bond donors (Lipinski definition) is 1. The second kappa shape index (κ2) is 7.91. The van der Waals surface area contributed by atoms with Crippen molar-refractivity contribution in [3.05, 3.63) is 68.6 Å². The van der Waals surface area contributed by atoms with Crippen LogP contribution in [0.1, 0.15) is 63.1 Å². The molecule has 1 saturated carbocycles. The predicted molar refractivity (Wildman–Crippen MR) is 105 cm³/mol. The van der Waals surface area contributed by atoms with Crippen LogP contribution in [0.3, 0.4) is 0 Å². The SMILES string of the molecule is CNC(=O)c1cc(C(=O)CC2CCC2)cn(Cc2cccc(C)c2C)c1=O. The molecule has 1 aliphatic rings. The van der Waals surface area contributed by atoms with E-state index in [0.717, 1.165) is 29.5 Å². The molecule has 1 aromatic heterocycles. The lowest BCUT2D eigenvalue weighted by Gasteiger charge is -2.24. The van der Waals surface area contributed by atoms with Crippen molar-refractivity contribution in [2.45, 2.75) is 46.1 Å². The van der Waals surface area contributed by atoms with Crippen molar-refractivity contribution in [1.82, 2.24) is 9.88 Å². The number of hydrogen-bond acceptors (Lipinski definition) is 3. The van der Waals surface area contributed by atoms with E-state index >= 15 is 0 Å². The first-order chi connectivity index (χ1) is 12.9. The van der Waals surface area contributed by atoms with Crippen LogP contribution in [0, 0.1) is 19.8 Å². The first-order valence-corrected chi connectivity index (χ1v) is 9.45. The molecule has 142 valence electrons. The lowest BCUT2D eigenvalue weighted by Crippen LogP contribution is -2.32.